The zero-order valence-electron chi connectivity index (χ0n) is 10.8. The Kier molecular flexibility index (Phi) is 5.17. The van der Waals surface area contributed by atoms with Crippen LogP contribution in [-0.2, 0) is 14.3 Å². The van der Waals surface area contributed by atoms with E-state index < -0.39 is 0 Å². The number of carbonyl (C=O) groups is 2. The van der Waals surface area contributed by atoms with Gasteiger partial charge in [-0.1, -0.05) is 6.92 Å². The fourth-order valence-corrected chi connectivity index (χ4v) is 1.52. The Morgan fingerprint density at radius 2 is 1.78 bits per heavy atom. The summed E-state index contributed by atoms with van der Waals surface area (Å²) in [5.41, 5.74) is 1.53. The Balaban J connectivity index is 2.67. The molecule has 0 spiro atoms. The zero-order valence-corrected chi connectivity index (χ0v) is 10.8. The van der Waals surface area contributed by atoms with Crippen molar-refractivity contribution in [1.82, 2.24) is 0 Å². The average Bonchev–Trinajstić information content (AvgIpc) is 2.36. The average molecular weight is 250 g/mol. The molecule has 0 fully saturated rings. The van der Waals surface area contributed by atoms with Gasteiger partial charge in [-0.3, -0.25) is 4.79 Å². The molecule has 0 aliphatic heterocycles. The fraction of sp³-hybridized carbons (Fsp3) is 0.385. The van der Waals surface area contributed by atoms with E-state index in [4.69, 9.17) is 4.74 Å². The molecule has 0 saturated heterocycles. The Hall–Kier alpha value is -2.04. The molecular weight excluding hydrogens is 232 g/mol. The number of carbonyl (C=O) groups excluding carboxylic acids is 2. The Morgan fingerprint density at radius 1 is 1.22 bits per heavy atom. The molecule has 0 saturated carbocycles. The fourth-order valence-electron chi connectivity index (χ4n) is 1.52. The number of rotatable bonds is 5. The van der Waals surface area contributed by atoms with Crippen LogP contribution in [-0.4, -0.2) is 25.0 Å². The molecule has 0 aliphatic rings. The highest BCUT2D eigenvalue weighted by Crippen LogP contribution is 2.15. The maximum atomic E-state index is 11.4. The maximum Gasteiger partial charge on any atom is 0.328 e. The molecule has 0 heterocycles. The molecule has 0 bridgehead atoms. The third kappa shape index (κ3) is 4.08. The minimum atomic E-state index is -0.360. The summed E-state index contributed by atoms with van der Waals surface area (Å²) in [6.07, 6.45) is 0.639. The van der Waals surface area contributed by atoms with Gasteiger partial charge in [0, 0.05) is 18.3 Å². The van der Waals surface area contributed by atoms with Crippen LogP contribution in [0.25, 0.3) is 0 Å². The summed E-state index contributed by atoms with van der Waals surface area (Å²) in [6.45, 7) is 3.36. The molecule has 0 radical (unpaired) electrons. The van der Waals surface area contributed by atoms with E-state index in [1.807, 2.05) is 6.92 Å². The summed E-state index contributed by atoms with van der Waals surface area (Å²) < 4.78 is 4.69. The van der Waals surface area contributed by atoms with Crippen molar-refractivity contribution in [3.8, 4) is 0 Å². The van der Waals surface area contributed by atoms with Crippen molar-refractivity contribution in [2.24, 2.45) is 0 Å². The van der Waals surface area contributed by atoms with E-state index in [9.17, 15) is 9.59 Å². The molecule has 5 nitrogen and oxygen atoms in total. The standard InChI is InChI=1S/C13H18N2O3/c1-4-12(13(17)18-3)15-11-7-5-10(6-8-11)14-9(2)16/h5-8,12,15H,4H2,1-3H3,(H,14,16). The number of esters is 1. The summed E-state index contributed by atoms with van der Waals surface area (Å²) >= 11 is 0. The predicted octanol–water partition coefficient (Wildman–Crippen LogP) is 2.01. The van der Waals surface area contributed by atoms with Crippen molar-refractivity contribution < 1.29 is 14.3 Å². The van der Waals surface area contributed by atoms with Crippen molar-refractivity contribution in [2.75, 3.05) is 17.7 Å². The molecule has 98 valence electrons. The van der Waals surface area contributed by atoms with Crippen LogP contribution in [0.1, 0.15) is 20.3 Å². The van der Waals surface area contributed by atoms with Crippen LogP contribution in [0, 0.1) is 0 Å². The van der Waals surface area contributed by atoms with Gasteiger partial charge in [0.15, 0.2) is 0 Å². The monoisotopic (exact) mass is 250 g/mol. The van der Waals surface area contributed by atoms with Crippen molar-refractivity contribution >= 4 is 23.3 Å². The molecule has 0 aromatic heterocycles. The summed E-state index contributed by atoms with van der Waals surface area (Å²) in [5, 5.41) is 5.75. The minimum absolute atomic E-state index is 0.114. The van der Waals surface area contributed by atoms with Gasteiger partial charge in [0.05, 0.1) is 7.11 Å². The van der Waals surface area contributed by atoms with Gasteiger partial charge in [-0.2, -0.15) is 0 Å². The molecule has 1 rings (SSSR count). The SMILES string of the molecule is CCC(Nc1ccc(NC(C)=O)cc1)C(=O)OC. The largest absolute Gasteiger partial charge is 0.467 e. The van der Waals surface area contributed by atoms with Crippen molar-refractivity contribution in [1.29, 1.82) is 0 Å². The highest BCUT2D eigenvalue weighted by atomic mass is 16.5. The summed E-state index contributed by atoms with van der Waals surface area (Å²) in [7, 11) is 1.37. The van der Waals surface area contributed by atoms with Crippen LogP contribution in [0.3, 0.4) is 0 Å². The number of nitrogens with one attached hydrogen (secondary N) is 2. The number of hydrogen-bond donors (Lipinski definition) is 2. The van der Waals surface area contributed by atoms with Crippen molar-refractivity contribution in [2.45, 2.75) is 26.3 Å². The Labute approximate surface area is 107 Å². The smallest absolute Gasteiger partial charge is 0.328 e. The molecule has 18 heavy (non-hydrogen) atoms. The van der Waals surface area contributed by atoms with Crippen LogP contribution in [0.5, 0.6) is 0 Å². The van der Waals surface area contributed by atoms with Crippen molar-refractivity contribution in [3.63, 3.8) is 0 Å². The van der Waals surface area contributed by atoms with Crippen LogP contribution >= 0.6 is 0 Å². The Bertz CT molecular complexity index is 415. The van der Waals surface area contributed by atoms with Crippen LogP contribution in [0.15, 0.2) is 24.3 Å². The van der Waals surface area contributed by atoms with Gasteiger partial charge in [0.1, 0.15) is 6.04 Å². The number of benzene rings is 1. The van der Waals surface area contributed by atoms with Gasteiger partial charge in [-0.25, -0.2) is 4.79 Å². The molecule has 2 N–H and O–H groups in total. The zero-order chi connectivity index (χ0) is 13.5. The van der Waals surface area contributed by atoms with E-state index in [0.717, 1.165) is 11.4 Å². The van der Waals surface area contributed by atoms with E-state index in [1.165, 1.54) is 14.0 Å². The van der Waals surface area contributed by atoms with E-state index in [-0.39, 0.29) is 17.9 Å². The third-order valence-corrected chi connectivity index (χ3v) is 2.44. The second-order valence-electron chi connectivity index (χ2n) is 3.89. The molecule has 1 atom stereocenters. The molecule has 1 unspecified atom stereocenters. The first kappa shape index (κ1) is 14.0. The lowest BCUT2D eigenvalue weighted by Crippen LogP contribution is -2.29. The van der Waals surface area contributed by atoms with E-state index >= 15 is 0 Å². The molecular formula is C13H18N2O3. The van der Waals surface area contributed by atoms with Crippen LogP contribution in [0.2, 0.25) is 0 Å². The lowest BCUT2D eigenvalue weighted by molar-refractivity contribution is -0.141. The van der Waals surface area contributed by atoms with Gasteiger partial charge >= 0.3 is 5.97 Å². The van der Waals surface area contributed by atoms with E-state index in [0.29, 0.717) is 6.42 Å². The van der Waals surface area contributed by atoms with Crippen molar-refractivity contribution in [3.05, 3.63) is 24.3 Å². The molecule has 1 aromatic carbocycles. The van der Waals surface area contributed by atoms with Gasteiger partial charge in [-0.15, -0.1) is 0 Å². The first-order valence-corrected chi connectivity index (χ1v) is 5.78. The number of amides is 1. The lowest BCUT2D eigenvalue weighted by Gasteiger charge is -2.16. The van der Waals surface area contributed by atoms with E-state index in [1.54, 1.807) is 24.3 Å². The van der Waals surface area contributed by atoms with Crippen LogP contribution in [0.4, 0.5) is 11.4 Å². The highest BCUT2D eigenvalue weighted by Gasteiger charge is 2.16. The third-order valence-electron chi connectivity index (χ3n) is 2.44. The first-order chi connectivity index (χ1) is 8.56. The molecule has 1 amide bonds. The second-order valence-corrected chi connectivity index (χ2v) is 3.89. The number of anilines is 2. The number of methoxy groups -OCH3 is 1. The molecule has 1 aromatic rings. The summed E-state index contributed by atoms with van der Waals surface area (Å²) in [5.74, 6) is -0.403. The van der Waals surface area contributed by atoms with E-state index in [2.05, 4.69) is 10.6 Å². The maximum absolute atomic E-state index is 11.4. The highest BCUT2D eigenvalue weighted by molar-refractivity contribution is 5.88. The second kappa shape index (κ2) is 6.64. The van der Waals surface area contributed by atoms with Gasteiger partial charge < -0.3 is 15.4 Å². The van der Waals surface area contributed by atoms with Gasteiger partial charge in [0.25, 0.3) is 0 Å². The van der Waals surface area contributed by atoms with Gasteiger partial charge in [-0.05, 0) is 30.7 Å². The van der Waals surface area contributed by atoms with Gasteiger partial charge in [0.2, 0.25) is 5.91 Å². The minimum Gasteiger partial charge on any atom is -0.467 e. The lowest BCUT2D eigenvalue weighted by atomic mass is 10.2. The first-order valence-electron chi connectivity index (χ1n) is 5.78. The van der Waals surface area contributed by atoms with Crippen LogP contribution < -0.4 is 10.6 Å². The quantitative estimate of drug-likeness (QED) is 0.784. The Morgan fingerprint density at radius 3 is 2.22 bits per heavy atom. The normalized spacial score (nSPS) is 11.5. The molecule has 5 heteroatoms. The topological polar surface area (TPSA) is 67.4 Å². The number of ether oxygens (including phenoxy) is 1. The molecule has 0 aliphatic carbocycles. The number of hydrogen-bond acceptors (Lipinski definition) is 4. The predicted molar refractivity (Wildman–Crippen MR) is 70.5 cm³/mol. The summed E-state index contributed by atoms with van der Waals surface area (Å²) in [4.78, 5) is 22.3. The summed E-state index contributed by atoms with van der Waals surface area (Å²) in [6, 6.07) is 6.79.